The Morgan fingerprint density at radius 2 is 2.10 bits per heavy atom. The topological polar surface area (TPSA) is 51.5 Å². The standard InChI is InChI=1S/C17H30N4/c1-3-21-11-19-10-14(21)15-13-8-6-4-5-7-12(2)17(16(15)18)20-9-13/h12-15,18-19H,3-11H2,1-2H3. The summed E-state index contributed by atoms with van der Waals surface area (Å²) in [5.41, 5.74) is 1.99. The fourth-order valence-electron chi connectivity index (χ4n) is 4.49. The predicted octanol–water partition coefficient (Wildman–Crippen LogP) is 2.54. The second-order valence-electron chi connectivity index (χ2n) is 7.05. The van der Waals surface area contributed by atoms with Crippen LogP contribution in [0.4, 0.5) is 0 Å². The highest BCUT2D eigenvalue weighted by Crippen LogP contribution is 2.34. The summed E-state index contributed by atoms with van der Waals surface area (Å²) >= 11 is 0. The van der Waals surface area contributed by atoms with Gasteiger partial charge in [0, 0.05) is 31.7 Å². The second-order valence-corrected chi connectivity index (χ2v) is 7.05. The molecule has 21 heavy (non-hydrogen) atoms. The molecular formula is C17H30N4. The Morgan fingerprint density at radius 1 is 1.29 bits per heavy atom. The van der Waals surface area contributed by atoms with Crippen molar-refractivity contribution in [2.24, 2.45) is 22.7 Å². The molecule has 2 fully saturated rings. The lowest BCUT2D eigenvalue weighted by molar-refractivity contribution is 0.191. The van der Waals surface area contributed by atoms with Crippen LogP contribution in [0.2, 0.25) is 0 Å². The first-order chi connectivity index (χ1) is 10.2. The highest BCUT2D eigenvalue weighted by molar-refractivity contribution is 6.43. The minimum absolute atomic E-state index is 0.396. The summed E-state index contributed by atoms with van der Waals surface area (Å²) < 4.78 is 0. The molecule has 0 amide bonds. The van der Waals surface area contributed by atoms with Gasteiger partial charge >= 0.3 is 0 Å². The van der Waals surface area contributed by atoms with E-state index < -0.39 is 0 Å². The molecule has 4 aliphatic rings. The van der Waals surface area contributed by atoms with Crippen molar-refractivity contribution >= 4 is 11.4 Å². The fraction of sp³-hybridized carbons (Fsp3) is 0.882. The van der Waals surface area contributed by atoms with E-state index in [1.54, 1.807) is 0 Å². The lowest BCUT2D eigenvalue weighted by Gasteiger charge is -2.40. The molecule has 0 spiro atoms. The molecule has 118 valence electrons. The lowest BCUT2D eigenvalue weighted by Crippen LogP contribution is -2.50. The number of rotatable bonds is 2. The third-order valence-electron chi connectivity index (χ3n) is 5.75. The van der Waals surface area contributed by atoms with Crippen molar-refractivity contribution in [2.45, 2.75) is 52.0 Å². The van der Waals surface area contributed by atoms with Crippen molar-refractivity contribution in [3.63, 3.8) is 0 Å². The third-order valence-corrected chi connectivity index (χ3v) is 5.75. The van der Waals surface area contributed by atoms with E-state index in [9.17, 15) is 0 Å². The van der Waals surface area contributed by atoms with Crippen LogP contribution in [0.3, 0.4) is 0 Å². The highest BCUT2D eigenvalue weighted by Gasteiger charge is 2.42. The van der Waals surface area contributed by atoms with Crippen LogP contribution >= 0.6 is 0 Å². The predicted molar refractivity (Wildman–Crippen MR) is 88.3 cm³/mol. The first kappa shape index (κ1) is 15.2. The summed E-state index contributed by atoms with van der Waals surface area (Å²) in [5, 5.41) is 12.3. The van der Waals surface area contributed by atoms with Crippen LogP contribution in [0.25, 0.3) is 0 Å². The summed E-state index contributed by atoms with van der Waals surface area (Å²) in [6.07, 6.45) is 6.44. The summed E-state index contributed by atoms with van der Waals surface area (Å²) in [6, 6.07) is 0.504. The van der Waals surface area contributed by atoms with E-state index in [1.165, 1.54) is 32.1 Å². The maximum Gasteiger partial charge on any atom is 0.0587 e. The molecule has 1 aliphatic carbocycles. The first-order valence-electron chi connectivity index (χ1n) is 8.80. The Hall–Kier alpha value is -0.740. The van der Waals surface area contributed by atoms with E-state index in [0.717, 1.165) is 37.7 Å². The number of hydrogen-bond acceptors (Lipinski definition) is 4. The molecule has 4 heteroatoms. The molecule has 3 heterocycles. The maximum atomic E-state index is 8.81. The van der Waals surface area contributed by atoms with Gasteiger partial charge in [-0.1, -0.05) is 33.1 Å². The van der Waals surface area contributed by atoms with Crippen molar-refractivity contribution in [2.75, 3.05) is 26.3 Å². The average Bonchev–Trinajstić information content (AvgIpc) is 2.95. The average molecular weight is 290 g/mol. The van der Waals surface area contributed by atoms with Crippen molar-refractivity contribution in [3.8, 4) is 0 Å². The Labute approximate surface area is 128 Å². The first-order valence-corrected chi connectivity index (χ1v) is 8.80. The molecule has 2 N–H and O–H groups in total. The van der Waals surface area contributed by atoms with Gasteiger partial charge in [0.15, 0.2) is 0 Å². The van der Waals surface area contributed by atoms with E-state index in [-0.39, 0.29) is 0 Å². The minimum Gasteiger partial charge on any atom is -0.303 e. The molecule has 0 aromatic rings. The van der Waals surface area contributed by atoms with E-state index in [2.05, 4.69) is 24.1 Å². The smallest absolute Gasteiger partial charge is 0.0587 e. The zero-order valence-electron chi connectivity index (χ0n) is 13.6. The van der Waals surface area contributed by atoms with Gasteiger partial charge in [0.25, 0.3) is 0 Å². The molecule has 0 aromatic heterocycles. The molecule has 0 radical (unpaired) electrons. The van der Waals surface area contributed by atoms with Crippen LogP contribution in [0, 0.1) is 23.2 Å². The number of fused-ring (bicyclic) bond motifs is 7. The lowest BCUT2D eigenvalue weighted by atomic mass is 9.72. The Balaban J connectivity index is 1.88. The number of nitrogens with zero attached hydrogens (tertiary/aromatic N) is 2. The van der Waals surface area contributed by atoms with Crippen LogP contribution in [0.1, 0.15) is 46.0 Å². The summed E-state index contributed by atoms with van der Waals surface area (Å²) in [6.45, 7) is 8.58. The summed E-state index contributed by atoms with van der Waals surface area (Å²) in [5.74, 6) is 1.46. The van der Waals surface area contributed by atoms with Crippen molar-refractivity contribution in [1.29, 1.82) is 5.41 Å². The normalized spacial score (nSPS) is 38.6. The van der Waals surface area contributed by atoms with E-state index >= 15 is 0 Å². The van der Waals surface area contributed by atoms with E-state index in [4.69, 9.17) is 10.4 Å². The molecule has 4 unspecified atom stereocenters. The molecular weight excluding hydrogens is 260 g/mol. The van der Waals surface area contributed by atoms with Crippen LogP contribution in [0.5, 0.6) is 0 Å². The van der Waals surface area contributed by atoms with Crippen LogP contribution in [0.15, 0.2) is 4.99 Å². The van der Waals surface area contributed by atoms with Gasteiger partial charge in [-0.25, -0.2) is 0 Å². The zero-order chi connectivity index (χ0) is 14.8. The van der Waals surface area contributed by atoms with E-state index in [1.807, 2.05) is 0 Å². The van der Waals surface area contributed by atoms with Gasteiger partial charge in [0.1, 0.15) is 0 Å². The van der Waals surface area contributed by atoms with E-state index in [0.29, 0.717) is 23.8 Å². The molecule has 1 saturated heterocycles. The highest BCUT2D eigenvalue weighted by atomic mass is 15.3. The van der Waals surface area contributed by atoms with Gasteiger partial charge in [-0.15, -0.1) is 0 Å². The Kier molecular flexibility index (Phi) is 4.75. The molecule has 3 aliphatic heterocycles. The largest absolute Gasteiger partial charge is 0.303 e. The van der Waals surface area contributed by atoms with Gasteiger partial charge in [-0.2, -0.15) is 0 Å². The molecule has 4 atom stereocenters. The van der Waals surface area contributed by atoms with Crippen molar-refractivity contribution in [1.82, 2.24) is 10.2 Å². The van der Waals surface area contributed by atoms with Crippen LogP contribution < -0.4 is 5.32 Å². The number of nitrogens with one attached hydrogen (secondary N) is 2. The van der Waals surface area contributed by atoms with Gasteiger partial charge in [-0.05, 0) is 31.2 Å². The van der Waals surface area contributed by atoms with Gasteiger partial charge in [0.2, 0.25) is 0 Å². The zero-order valence-corrected chi connectivity index (χ0v) is 13.6. The van der Waals surface area contributed by atoms with Crippen LogP contribution in [-0.4, -0.2) is 48.7 Å². The second kappa shape index (κ2) is 6.57. The molecule has 2 bridgehead atoms. The minimum atomic E-state index is 0.396. The quantitative estimate of drug-likeness (QED) is 0.821. The van der Waals surface area contributed by atoms with Crippen LogP contribution in [-0.2, 0) is 0 Å². The summed E-state index contributed by atoms with van der Waals surface area (Å²) in [4.78, 5) is 7.36. The van der Waals surface area contributed by atoms with Gasteiger partial charge in [0.05, 0.1) is 11.4 Å². The van der Waals surface area contributed by atoms with Gasteiger partial charge in [-0.3, -0.25) is 9.89 Å². The maximum absolute atomic E-state index is 8.81. The monoisotopic (exact) mass is 290 g/mol. The molecule has 4 rings (SSSR count). The number of aliphatic imine (C=N–C) groups is 1. The van der Waals surface area contributed by atoms with Crippen molar-refractivity contribution in [3.05, 3.63) is 0 Å². The third kappa shape index (κ3) is 2.93. The fourth-order valence-corrected chi connectivity index (χ4v) is 4.49. The SMILES string of the molecule is CCN1CNCC1C1C(=N)C2=NCC1CCCCCC2C. The Bertz CT molecular complexity index is 417. The molecule has 4 nitrogen and oxygen atoms in total. The molecule has 0 aromatic carbocycles. The van der Waals surface area contributed by atoms with Gasteiger partial charge < -0.3 is 10.7 Å². The number of hydrogen-bond donors (Lipinski definition) is 2. The number of likely N-dealkylation sites (N-methyl/N-ethyl adjacent to an activating group) is 1. The summed E-state index contributed by atoms with van der Waals surface area (Å²) in [7, 11) is 0. The van der Waals surface area contributed by atoms with Crippen molar-refractivity contribution < 1.29 is 0 Å². The molecule has 1 saturated carbocycles. The Morgan fingerprint density at radius 3 is 2.90 bits per heavy atom.